The molecule has 4 aliphatic rings. The molecule has 4 bridgehead atoms. The molecule has 0 heterocycles. The molecule has 0 aromatic heterocycles. The SMILES string of the molecule is CC(C)Oc1ccc([S+](c2ccccc2)c2ccc(OC(C)C)cc2)cc1.O=C([O-])C12CC3CC(CC(C3)C1)C2. The highest BCUT2D eigenvalue weighted by molar-refractivity contribution is 7.97. The van der Waals surface area contributed by atoms with E-state index >= 15 is 0 Å². The Kier molecular flexibility index (Phi) is 8.80. The van der Waals surface area contributed by atoms with Crippen molar-refractivity contribution in [1.29, 1.82) is 0 Å². The molecule has 0 atom stereocenters. The minimum atomic E-state index is -0.758. The lowest BCUT2D eigenvalue weighted by molar-refractivity contribution is -0.327. The van der Waals surface area contributed by atoms with E-state index in [1.54, 1.807) is 0 Å². The molecule has 0 unspecified atom stereocenters. The molecule has 0 amide bonds. The lowest BCUT2D eigenvalue weighted by atomic mass is 9.49. The summed E-state index contributed by atoms with van der Waals surface area (Å²) in [5, 5.41) is 11.1. The first-order chi connectivity index (χ1) is 19.2. The standard InChI is InChI=1S/C24H27O2S.C11H16O2/c1-18(2)25-20-10-14-23(15-11-20)27(22-8-6-5-7-9-22)24-16-12-21(13-17-24)26-19(3)4;12-10(13)11-4-7-1-8(5-11)3-9(2-7)6-11/h5-19H,1-4H3;7-9H,1-6H2,(H,12,13)/q+1;/p-1. The highest BCUT2D eigenvalue weighted by atomic mass is 32.2. The van der Waals surface area contributed by atoms with Gasteiger partial charge in [0.25, 0.3) is 0 Å². The quantitative estimate of drug-likeness (QED) is 0.272. The van der Waals surface area contributed by atoms with Gasteiger partial charge in [-0.05, 0) is 145 Å². The van der Waals surface area contributed by atoms with Crippen LogP contribution in [0.15, 0.2) is 93.5 Å². The monoisotopic (exact) mass is 558 g/mol. The van der Waals surface area contributed by atoms with Crippen molar-refractivity contribution in [3.8, 4) is 11.5 Å². The summed E-state index contributed by atoms with van der Waals surface area (Å²) in [5.74, 6) is 3.20. The molecule has 3 aromatic rings. The minimum absolute atomic E-state index is 0.168. The largest absolute Gasteiger partial charge is 0.550 e. The Morgan fingerprint density at radius 1 is 0.675 bits per heavy atom. The molecular formula is C35H42O4S. The molecule has 4 nitrogen and oxygen atoms in total. The number of hydrogen-bond donors (Lipinski definition) is 0. The Morgan fingerprint density at radius 3 is 1.40 bits per heavy atom. The van der Waals surface area contributed by atoms with E-state index in [2.05, 4.69) is 78.9 Å². The zero-order chi connectivity index (χ0) is 28.3. The number of hydrogen-bond acceptors (Lipinski definition) is 4. The number of rotatable bonds is 8. The Labute approximate surface area is 242 Å². The highest BCUT2D eigenvalue weighted by Crippen LogP contribution is 2.59. The first-order valence-corrected chi connectivity index (χ1v) is 16.0. The molecule has 3 aromatic carbocycles. The molecule has 0 radical (unpaired) electrons. The Hall–Kier alpha value is -2.92. The van der Waals surface area contributed by atoms with E-state index in [0.29, 0.717) is 17.8 Å². The number of aliphatic carboxylic acids is 1. The minimum Gasteiger partial charge on any atom is -0.550 e. The lowest BCUT2D eigenvalue weighted by Gasteiger charge is -2.57. The van der Waals surface area contributed by atoms with Crippen molar-refractivity contribution in [3.05, 3.63) is 78.9 Å². The summed E-state index contributed by atoms with van der Waals surface area (Å²) in [6.07, 6.45) is 7.00. The average molecular weight is 559 g/mol. The molecule has 4 saturated carbocycles. The summed E-state index contributed by atoms with van der Waals surface area (Å²) in [5.41, 5.74) is -0.394. The second-order valence-electron chi connectivity index (χ2n) is 12.4. The Bertz CT molecular complexity index is 1160. The van der Waals surface area contributed by atoms with Crippen LogP contribution in [0.25, 0.3) is 0 Å². The molecule has 4 aliphatic carbocycles. The van der Waals surface area contributed by atoms with Crippen molar-refractivity contribution in [2.45, 2.75) is 93.1 Å². The molecule has 0 spiro atoms. The van der Waals surface area contributed by atoms with Gasteiger partial charge in [0.05, 0.1) is 23.1 Å². The number of carboxylic acid groups (broad SMARTS) is 1. The predicted octanol–water partition coefficient (Wildman–Crippen LogP) is 7.31. The predicted molar refractivity (Wildman–Crippen MR) is 159 cm³/mol. The van der Waals surface area contributed by atoms with Gasteiger partial charge >= 0.3 is 0 Å². The molecule has 0 N–H and O–H groups in total. The van der Waals surface area contributed by atoms with E-state index in [9.17, 15) is 9.90 Å². The van der Waals surface area contributed by atoms with Crippen LogP contribution in [-0.4, -0.2) is 18.2 Å². The van der Waals surface area contributed by atoms with Crippen molar-refractivity contribution < 1.29 is 19.4 Å². The maximum atomic E-state index is 11.1. The summed E-state index contributed by atoms with van der Waals surface area (Å²) in [6, 6.07) is 27.6. The summed E-state index contributed by atoms with van der Waals surface area (Å²) < 4.78 is 11.6. The van der Waals surface area contributed by atoms with Gasteiger partial charge in [-0.15, -0.1) is 0 Å². The third-order valence-corrected chi connectivity index (χ3v) is 10.5. The fraction of sp³-hybridized carbons (Fsp3) is 0.457. The number of carboxylic acids is 1. The van der Waals surface area contributed by atoms with Gasteiger partial charge in [0.1, 0.15) is 11.5 Å². The molecule has 4 fully saturated rings. The molecule has 40 heavy (non-hydrogen) atoms. The first kappa shape index (κ1) is 28.6. The average Bonchev–Trinajstić information content (AvgIpc) is 2.90. The van der Waals surface area contributed by atoms with E-state index in [1.807, 2.05) is 27.7 Å². The third kappa shape index (κ3) is 6.68. The van der Waals surface area contributed by atoms with E-state index in [-0.39, 0.29) is 23.1 Å². The number of benzene rings is 3. The fourth-order valence-corrected chi connectivity index (χ4v) is 9.24. The van der Waals surface area contributed by atoms with E-state index in [0.717, 1.165) is 30.8 Å². The van der Waals surface area contributed by atoms with Crippen LogP contribution in [0.5, 0.6) is 11.5 Å². The second-order valence-corrected chi connectivity index (χ2v) is 14.4. The molecule has 7 rings (SSSR count). The maximum Gasteiger partial charge on any atom is 0.166 e. The van der Waals surface area contributed by atoms with Crippen molar-refractivity contribution in [1.82, 2.24) is 0 Å². The van der Waals surface area contributed by atoms with Crippen LogP contribution in [0, 0.1) is 23.2 Å². The summed E-state index contributed by atoms with van der Waals surface area (Å²) in [6.45, 7) is 8.18. The van der Waals surface area contributed by atoms with Crippen LogP contribution in [0.4, 0.5) is 0 Å². The first-order valence-electron chi connectivity index (χ1n) is 14.7. The van der Waals surface area contributed by atoms with E-state index < -0.39 is 11.4 Å². The van der Waals surface area contributed by atoms with Gasteiger partial charge in [0.15, 0.2) is 14.7 Å². The van der Waals surface area contributed by atoms with Crippen molar-refractivity contribution in [2.24, 2.45) is 23.2 Å². The number of carbonyl (C=O) groups is 1. The van der Waals surface area contributed by atoms with Crippen LogP contribution >= 0.6 is 0 Å². The fourth-order valence-electron chi connectivity index (χ4n) is 7.18. The van der Waals surface area contributed by atoms with E-state index in [1.165, 1.54) is 33.9 Å². The Balaban J connectivity index is 0.000000204. The summed E-state index contributed by atoms with van der Waals surface area (Å²) in [7, 11) is -0.168. The van der Waals surface area contributed by atoms with Gasteiger partial charge in [-0.2, -0.15) is 0 Å². The Morgan fingerprint density at radius 2 is 1.05 bits per heavy atom. The van der Waals surface area contributed by atoms with Crippen LogP contribution in [0.2, 0.25) is 0 Å². The molecule has 5 heteroatoms. The van der Waals surface area contributed by atoms with Crippen molar-refractivity contribution >= 4 is 16.9 Å². The van der Waals surface area contributed by atoms with Gasteiger partial charge in [0.2, 0.25) is 0 Å². The van der Waals surface area contributed by atoms with Crippen molar-refractivity contribution in [3.63, 3.8) is 0 Å². The number of ether oxygens (including phenoxy) is 2. The van der Waals surface area contributed by atoms with Gasteiger partial charge in [0, 0.05) is 11.4 Å². The van der Waals surface area contributed by atoms with Crippen LogP contribution in [0.3, 0.4) is 0 Å². The van der Waals surface area contributed by atoms with Crippen LogP contribution in [0.1, 0.15) is 66.2 Å². The normalized spacial score (nSPS) is 24.6. The van der Waals surface area contributed by atoms with Crippen LogP contribution in [-0.2, 0) is 15.7 Å². The lowest BCUT2D eigenvalue weighted by Crippen LogP contribution is -2.54. The zero-order valence-corrected chi connectivity index (χ0v) is 25.0. The smallest absolute Gasteiger partial charge is 0.166 e. The summed E-state index contributed by atoms with van der Waals surface area (Å²) >= 11 is 0. The van der Waals surface area contributed by atoms with Gasteiger partial charge in [-0.25, -0.2) is 0 Å². The summed E-state index contributed by atoms with van der Waals surface area (Å²) in [4.78, 5) is 15.0. The van der Waals surface area contributed by atoms with Gasteiger partial charge < -0.3 is 19.4 Å². The van der Waals surface area contributed by atoms with Crippen molar-refractivity contribution in [2.75, 3.05) is 0 Å². The topological polar surface area (TPSA) is 58.6 Å². The van der Waals surface area contributed by atoms with Gasteiger partial charge in [-0.1, -0.05) is 18.2 Å². The molecular weight excluding hydrogens is 516 g/mol. The molecule has 0 saturated heterocycles. The maximum absolute atomic E-state index is 11.1. The number of carbonyl (C=O) groups excluding carboxylic acids is 1. The molecule has 212 valence electrons. The highest BCUT2D eigenvalue weighted by Gasteiger charge is 2.51. The second kappa shape index (κ2) is 12.3. The van der Waals surface area contributed by atoms with Crippen LogP contribution < -0.4 is 14.6 Å². The zero-order valence-electron chi connectivity index (χ0n) is 24.2. The van der Waals surface area contributed by atoms with Gasteiger partial charge in [-0.3, -0.25) is 0 Å². The molecule has 0 aliphatic heterocycles. The third-order valence-electron chi connectivity index (χ3n) is 8.31. The van der Waals surface area contributed by atoms with E-state index in [4.69, 9.17) is 9.47 Å².